The van der Waals surface area contributed by atoms with Gasteiger partial charge in [0.1, 0.15) is 18.1 Å². The molecule has 0 heterocycles. The smallest absolute Gasteiger partial charge is 0.269 e. The van der Waals surface area contributed by atoms with E-state index in [9.17, 15) is 18.5 Å². The summed E-state index contributed by atoms with van der Waals surface area (Å²) in [5, 5.41) is 10.6. The summed E-state index contributed by atoms with van der Waals surface area (Å²) in [6.45, 7) is 2.06. The molecule has 0 saturated heterocycles. The number of rotatable bonds is 8. The molecule has 8 heteroatoms. The first-order valence-corrected chi connectivity index (χ1v) is 9.01. The van der Waals surface area contributed by atoms with Gasteiger partial charge >= 0.3 is 0 Å². The first kappa shape index (κ1) is 17.7. The van der Waals surface area contributed by atoms with E-state index in [1.165, 1.54) is 29.8 Å². The zero-order valence-electron chi connectivity index (χ0n) is 13.1. The largest absolute Gasteiger partial charge is 0.492 e. The molecule has 24 heavy (non-hydrogen) atoms. The van der Waals surface area contributed by atoms with Crippen LogP contribution in [0.4, 0.5) is 11.4 Å². The summed E-state index contributed by atoms with van der Waals surface area (Å²) in [6, 6.07) is 12.6. The summed E-state index contributed by atoms with van der Waals surface area (Å²) < 4.78 is 31.7. The van der Waals surface area contributed by atoms with Crippen LogP contribution in [-0.2, 0) is 16.4 Å². The van der Waals surface area contributed by atoms with Crippen LogP contribution in [0.3, 0.4) is 0 Å². The summed E-state index contributed by atoms with van der Waals surface area (Å²) in [6.07, 6.45) is 0.924. The van der Waals surface area contributed by atoms with Gasteiger partial charge in [-0.1, -0.05) is 19.1 Å². The minimum absolute atomic E-state index is 0.00772. The molecule has 0 unspecified atom stereocenters. The van der Waals surface area contributed by atoms with Crippen molar-refractivity contribution in [2.45, 2.75) is 13.3 Å². The Kier molecular flexibility index (Phi) is 5.75. The summed E-state index contributed by atoms with van der Waals surface area (Å²) in [7, 11) is -3.60. The van der Waals surface area contributed by atoms with Gasteiger partial charge in [-0.25, -0.2) is 8.42 Å². The molecule has 2 aromatic rings. The van der Waals surface area contributed by atoms with Crippen LogP contribution in [0.25, 0.3) is 0 Å². The second kappa shape index (κ2) is 7.78. The number of non-ortho nitro benzene ring substituents is 1. The molecular formula is C16H18N2O5S. The molecule has 0 aliphatic rings. The minimum Gasteiger partial charge on any atom is -0.492 e. The highest BCUT2D eigenvalue weighted by Crippen LogP contribution is 2.17. The Bertz CT molecular complexity index is 786. The van der Waals surface area contributed by atoms with E-state index in [4.69, 9.17) is 4.74 Å². The fraction of sp³-hybridized carbons (Fsp3) is 0.250. The van der Waals surface area contributed by atoms with Crippen LogP contribution >= 0.6 is 0 Å². The fourth-order valence-corrected chi connectivity index (χ4v) is 2.87. The normalized spacial score (nSPS) is 11.0. The van der Waals surface area contributed by atoms with Gasteiger partial charge in [-0.15, -0.1) is 0 Å². The number of aryl methyl sites for hydroxylation is 1. The van der Waals surface area contributed by atoms with Crippen molar-refractivity contribution in [2.75, 3.05) is 17.1 Å². The summed E-state index contributed by atoms with van der Waals surface area (Å²) in [4.78, 5) is 10.0. The number of nitrogens with one attached hydrogen (secondary N) is 1. The first-order valence-electron chi connectivity index (χ1n) is 7.36. The highest BCUT2D eigenvalue weighted by molar-refractivity contribution is 7.92. The number of ether oxygens (including phenoxy) is 1. The van der Waals surface area contributed by atoms with Gasteiger partial charge in [-0.05, 0) is 36.2 Å². The Balaban J connectivity index is 1.87. The zero-order chi connectivity index (χ0) is 17.6. The van der Waals surface area contributed by atoms with Crippen LogP contribution < -0.4 is 9.46 Å². The van der Waals surface area contributed by atoms with Gasteiger partial charge in [0.05, 0.1) is 4.92 Å². The third-order valence-corrected chi connectivity index (χ3v) is 4.55. The molecule has 0 atom stereocenters. The molecule has 2 rings (SSSR count). The third kappa shape index (κ3) is 5.24. The van der Waals surface area contributed by atoms with Gasteiger partial charge < -0.3 is 4.74 Å². The van der Waals surface area contributed by atoms with Crippen molar-refractivity contribution in [1.82, 2.24) is 0 Å². The van der Waals surface area contributed by atoms with Crippen LogP contribution in [0.2, 0.25) is 0 Å². The van der Waals surface area contributed by atoms with Gasteiger partial charge in [0.2, 0.25) is 10.0 Å². The van der Waals surface area contributed by atoms with Crippen molar-refractivity contribution >= 4 is 21.4 Å². The van der Waals surface area contributed by atoms with Gasteiger partial charge in [-0.2, -0.15) is 0 Å². The minimum atomic E-state index is -3.60. The molecule has 1 N–H and O–H groups in total. The topological polar surface area (TPSA) is 98.5 Å². The van der Waals surface area contributed by atoms with Gasteiger partial charge in [0.25, 0.3) is 5.69 Å². The van der Waals surface area contributed by atoms with E-state index < -0.39 is 14.9 Å². The predicted octanol–water partition coefficient (Wildman–Crippen LogP) is 2.98. The molecule has 7 nitrogen and oxygen atoms in total. The van der Waals surface area contributed by atoms with Crippen molar-refractivity contribution in [3.05, 3.63) is 64.2 Å². The van der Waals surface area contributed by atoms with Crippen molar-refractivity contribution in [3.63, 3.8) is 0 Å². The van der Waals surface area contributed by atoms with Crippen LogP contribution in [0.5, 0.6) is 5.75 Å². The van der Waals surface area contributed by atoms with E-state index >= 15 is 0 Å². The third-order valence-electron chi connectivity index (χ3n) is 3.30. The molecule has 128 valence electrons. The Morgan fingerprint density at radius 2 is 1.71 bits per heavy atom. The lowest BCUT2D eigenvalue weighted by atomic mass is 10.2. The number of benzene rings is 2. The van der Waals surface area contributed by atoms with Crippen molar-refractivity contribution < 1.29 is 18.1 Å². The van der Waals surface area contributed by atoms with Crippen LogP contribution in [0.1, 0.15) is 12.5 Å². The Morgan fingerprint density at radius 1 is 1.08 bits per heavy atom. The van der Waals surface area contributed by atoms with Gasteiger partial charge in [0.15, 0.2) is 0 Å². The molecule has 0 fully saturated rings. The standard InChI is InChI=1S/C16H18N2O5S/c1-2-13-3-9-16(10-4-13)23-11-12-24(21,22)17-14-5-7-15(8-6-14)18(19)20/h3-10,17H,2,11-12H2,1H3. The maximum Gasteiger partial charge on any atom is 0.269 e. The average molecular weight is 350 g/mol. The second-order valence-electron chi connectivity index (χ2n) is 5.07. The first-order chi connectivity index (χ1) is 11.4. The molecule has 0 saturated carbocycles. The number of anilines is 1. The lowest BCUT2D eigenvalue weighted by Crippen LogP contribution is -2.21. The van der Waals surface area contributed by atoms with Crippen LogP contribution in [-0.4, -0.2) is 25.7 Å². The van der Waals surface area contributed by atoms with Gasteiger partial charge in [0, 0.05) is 17.8 Å². The maximum atomic E-state index is 12.0. The monoisotopic (exact) mass is 350 g/mol. The molecule has 0 radical (unpaired) electrons. The van der Waals surface area contributed by atoms with Crippen molar-refractivity contribution in [1.29, 1.82) is 0 Å². The second-order valence-corrected chi connectivity index (χ2v) is 6.91. The highest BCUT2D eigenvalue weighted by Gasteiger charge is 2.12. The Morgan fingerprint density at radius 3 is 2.25 bits per heavy atom. The molecule has 0 spiro atoms. The van der Waals surface area contributed by atoms with Crippen LogP contribution in [0, 0.1) is 10.1 Å². The van der Waals surface area contributed by atoms with E-state index in [0.29, 0.717) is 5.75 Å². The average Bonchev–Trinajstić information content (AvgIpc) is 2.55. The Labute approximate surface area is 140 Å². The van der Waals surface area contributed by atoms with Gasteiger partial charge in [-0.3, -0.25) is 14.8 Å². The lowest BCUT2D eigenvalue weighted by Gasteiger charge is -2.09. The van der Waals surface area contributed by atoms with E-state index in [0.717, 1.165) is 6.42 Å². The molecule has 0 aliphatic heterocycles. The van der Waals surface area contributed by atoms with E-state index in [1.807, 2.05) is 19.1 Å². The number of nitro groups is 1. The molecule has 0 aliphatic carbocycles. The molecule has 0 bridgehead atoms. The number of hydrogen-bond donors (Lipinski definition) is 1. The predicted molar refractivity (Wildman–Crippen MR) is 91.8 cm³/mol. The molecular weight excluding hydrogens is 332 g/mol. The quantitative estimate of drug-likeness (QED) is 0.583. The number of sulfonamides is 1. The van der Waals surface area contributed by atoms with E-state index in [-0.39, 0.29) is 23.7 Å². The van der Waals surface area contributed by atoms with Crippen molar-refractivity contribution in [3.8, 4) is 5.75 Å². The number of hydrogen-bond acceptors (Lipinski definition) is 5. The lowest BCUT2D eigenvalue weighted by molar-refractivity contribution is -0.384. The number of nitrogens with zero attached hydrogens (tertiary/aromatic N) is 1. The highest BCUT2D eigenvalue weighted by atomic mass is 32.2. The zero-order valence-corrected chi connectivity index (χ0v) is 14.0. The Hall–Kier alpha value is -2.61. The van der Waals surface area contributed by atoms with Crippen LogP contribution in [0.15, 0.2) is 48.5 Å². The molecule has 2 aromatic carbocycles. The molecule has 0 aromatic heterocycles. The summed E-state index contributed by atoms with van der Waals surface area (Å²) >= 11 is 0. The summed E-state index contributed by atoms with van der Waals surface area (Å²) in [5.74, 6) is 0.386. The van der Waals surface area contributed by atoms with E-state index in [2.05, 4.69) is 4.72 Å². The SMILES string of the molecule is CCc1ccc(OCCS(=O)(=O)Nc2ccc([N+](=O)[O-])cc2)cc1. The maximum absolute atomic E-state index is 12.0. The fourth-order valence-electron chi connectivity index (χ4n) is 1.97. The van der Waals surface area contributed by atoms with Crippen molar-refractivity contribution in [2.24, 2.45) is 0 Å². The molecule has 0 amide bonds. The summed E-state index contributed by atoms with van der Waals surface area (Å²) in [5.41, 5.74) is 1.35. The number of nitro benzene ring substituents is 1. The van der Waals surface area contributed by atoms with E-state index in [1.54, 1.807) is 12.1 Å².